The van der Waals surface area contributed by atoms with Crippen LogP contribution in [0.3, 0.4) is 0 Å². The third-order valence-corrected chi connectivity index (χ3v) is 5.00. The molecule has 0 saturated heterocycles. The van der Waals surface area contributed by atoms with Crippen LogP contribution in [0, 0.1) is 0 Å². The van der Waals surface area contributed by atoms with Gasteiger partial charge in [-0.05, 0) is 55.1 Å². The molecule has 0 aliphatic heterocycles. The zero-order valence-corrected chi connectivity index (χ0v) is 13.8. The number of halogens is 1. The highest BCUT2D eigenvalue weighted by Gasteiger charge is 2.18. The Labute approximate surface area is 126 Å². The van der Waals surface area contributed by atoms with Crippen molar-refractivity contribution in [3.05, 3.63) is 45.0 Å². The zero-order valence-electron chi connectivity index (χ0n) is 11.4. The first-order valence-electron chi connectivity index (χ1n) is 6.25. The lowest BCUT2D eigenvalue weighted by atomic mass is 10.2. The van der Waals surface area contributed by atoms with Crippen molar-refractivity contribution >= 4 is 27.3 Å². The second kappa shape index (κ2) is 6.70. The van der Waals surface area contributed by atoms with Crippen molar-refractivity contribution in [3.63, 3.8) is 0 Å². The standard InChI is InChI=1S/C14H19BrN2OS/c1-10(14-7-11(15)9-19-14)16-8-12(17(2)3)13-5-4-6-18-13/h4-7,9-10,12,16H,8H2,1-3H3. The Morgan fingerprint density at radius 1 is 1.47 bits per heavy atom. The summed E-state index contributed by atoms with van der Waals surface area (Å²) in [6.45, 7) is 3.05. The van der Waals surface area contributed by atoms with E-state index in [2.05, 4.69) is 58.6 Å². The van der Waals surface area contributed by atoms with Crippen molar-refractivity contribution in [2.45, 2.75) is 19.0 Å². The highest BCUT2D eigenvalue weighted by molar-refractivity contribution is 9.10. The molecule has 2 rings (SSSR count). The molecular weight excluding hydrogens is 324 g/mol. The molecule has 3 nitrogen and oxygen atoms in total. The van der Waals surface area contributed by atoms with Gasteiger partial charge in [-0.1, -0.05) is 0 Å². The van der Waals surface area contributed by atoms with E-state index in [0.29, 0.717) is 6.04 Å². The number of likely N-dealkylation sites (N-methyl/N-ethyl adjacent to an activating group) is 1. The largest absolute Gasteiger partial charge is 0.468 e. The lowest BCUT2D eigenvalue weighted by Gasteiger charge is -2.24. The van der Waals surface area contributed by atoms with Crippen molar-refractivity contribution in [1.29, 1.82) is 0 Å². The summed E-state index contributed by atoms with van der Waals surface area (Å²) in [6, 6.07) is 6.72. The van der Waals surface area contributed by atoms with Gasteiger partial charge in [0, 0.05) is 27.3 Å². The first-order valence-corrected chi connectivity index (χ1v) is 7.92. The van der Waals surface area contributed by atoms with Crippen molar-refractivity contribution in [2.24, 2.45) is 0 Å². The van der Waals surface area contributed by atoms with Gasteiger partial charge in [0.05, 0.1) is 12.3 Å². The third kappa shape index (κ3) is 3.92. The summed E-state index contributed by atoms with van der Waals surface area (Å²) in [6.07, 6.45) is 1.73. The van der Waals surface area contributed by atoms with Crippen LogP contribution in [0.2, 0.25) is 0 Å². The fourth-order valence-corrected chi connectivity index (χ4v) is 3.44. The van der Waals surface area contributed by atoms with Gasteiger partial charge in [-0.3, -0.25) is 4.90 Å². The molecule has 2 heterocycles. The summed E-state index contributed by atoms with van der Waals surface area (Å²) in [4.78, 5) is 3.51. The van der Waals surface area contributed by atoms with Crippen LogP contribution < -0.4 is 5.32 Å². The highest BCUT2D eigenvalue weighted by Crippen LogP contribution is 2.26. The van der Waals surface area contributed by atoms with Crippen LogP contribution in [0.4, 0.5) is 0 Å². The first kappa shape index (κ1) is 14.8. The Kier molecular flexibility index (Phi) is 5.21. The minimum absolute atomic E-state index is 0.251. The molecule has 2 aromatic heterocycles. The molecule has 0 spiro atoms. The molecule has 2 unspecified atom stereocenters. The van der Waals surface area contributed by atoms with Gasteiger partial charge in [-0.15, -0.1) is 11.3 Å². The van der Waals surface area contributed by atoms with E-state index in [0.717, 1.165) is 16.8 Å². The van der Waals surface area contributed by atoms with Gasteiger partial charge in [-0.2, -0.15) is 0 Å². The minimum atomic E-state index is 0.251. The molecule has 0 aliphatic carbocycles. The topological polar surface area (TPSA) is 28.4 Å². The summed E-state index contributed by atoms with van der Waals surface area (Å²) >= 11 is 5.26. The average Bonchev–Trinajstić information content (AvgIpc) is 3.00. The van der Waals surface area contributed by atoms with Crippen molar-refractivity contribution in [1.82, 2.24) is 10.2 Å². The van der Waals surface area contributed by atoms with E-state index in [1.807, 2.05) is 12.1 Å². The Morgan fingerprint density at radius 3 is 2.79 bits per heavy atom. The fraction of sp³-hybridized carbons (Fsp3) is 0.429. The third-order valence-electron chi connectivity index (χ3n) is 3.13. The quantitative estimate of drug-likeness (QED) is 0.858. The molecule has 0 radical (unpaired) electrons. The molecule has 1 N–H and O–H groups in total. The lowest BCUT2D eigenvalue weighted by molar-refractivity contribution is 0.245. The maximum absolute atomic E-state index is 5.51. The maximum atomic E-state index is 5.51. The van der Waals surface area contributed by atoms with Crippen LogP contribution >= 0.6 is 27.3 Å². The number of nitrogens with zero attached hydrogens (tertiary/aromatic N) is 1. The molecule has 0 saturated carbocycles. The number of nitrogens with one attached hydrogen (secondary N) is 1. The van der Waals surface area contributed by atoms with Gasteiger partial charge < -0.3 is 9.73 Å². The average molecular weight is 343 g/mol. The van der Waals surface area contributed by atoms with E-state index >= 15 is 0 Å². The maximum Gasteiger partial charge on any atom is 0.122 e. The Balaban J connectivity index is 1.96. The molecule has 2 atom stereocenters. The van der Waals surface area contributed by atoms with Crippen LogP contribution in [0.25, 0.3) is 0 Å². The molecule has 0 aliphatic rings. The number of furan rings is 1. The monoisotopic (exact) mass is 342 g/mol. The summed E-state index contributed by atoms with van der Waals surface area (Å²) in [5.41, 5.74) is 0. The van der Waals surface area contributed by atoms with Gasteiger partial charge in [-0.25, -0.2) is 0 Å². The van der Waals surface area contributed by atoms with Gasteiger partial charge in [0.25, 0.3) is 0 Å². The van der Waals surface area contributed by atoms with Gasteiger partial charge in [0.15, 0.2) is 0 Å². The van der Waals surface area contributed by atoms with Crippen LogP contribution in [-0.4, -0.2) is 25.5 Å². The van der Waals surface area contributed by atoms with Crippen LogP contribution in [0.1, 0.15) is 29.6 Å². The second-order valence-electron chi connectivity index (χ2n) is 4.79. The Morgan fingerprint density at radius 2 is 2.26 bits per heavy atom. The van der Waals surface area contributed by atoms with Crippen LogP contribution in [0.15, 0.2) is 38.7 Å². The molecule has 19 heavy (non-hydrogen) atoms. The van der Waals surface area contributed by atoms with E-state index < -0.39 is 0 Å². The van der Waals surface area contributed by atoms with Crippen molar-refractivity contribution in [2.75, 3.05) is 20.6 Å². The predicted octanol–water partition coefficient (Wildman–Crippen LogP) is 4.06. The number of hydrogen-bond donors (Lipinski definition) is 1. The highest BCUT2D eigenvalue weighted by atomic mass is 79.9. The lowest BCUT2D eigenvalue weighted by Crippen LogP contribution is -2.32. The van der Waals surface area contributed by atoms with Gasteiger partial charge in [0.1, 0.15) is 5.76 Å². The van der Waals surface area contributed by atoms with Gasteiger partial charge >= 0.3 is 0 Å². The normalized spacial score (nSPS) is 14.8. The minimum Gasteiger partial charge on any atom is -0.468 e. The second-order valence-corrected chi connectivity index (χ2v) is 6.65. The molecule has 2 aromatic rings. The van der Waals surface area contributed by atoms with E-state index in [-0.39, 0.29) is 6.04 Å². The first-order chi connectivity index (χ1) is 9.08. The molecule has 104 valence electrons. The van der Waals surface area contributed by atoms with E-state index in [1.165, 1.54) is 4.88 Å². The molecule has 5 heteroatoms. The molecule has 0 amide bonds. The van der Waals surface area contributed by atoms with Crippen molar-refractivity contribution in [3.8, 4) is 0 Å². The smallest absolute Gasteiger partial charge is 0.122 e. The SMILES string of the molecule is CC(NCC(c1ccco1)N(C)C)c1cc(Br)cs1. The molecular formula is C14H19BrN2OS. The number of rotatable bonds is 6. The summed E-state index contributed by atoms with van der Waals surface area (Å²) < 4.78 is 6.66. The van der Waals surface area contributed by atoms with Crippen LogP contribution in [0.5, 0.6) is 0 Å². The summed E-state index contributed by atoms with van der Waals surface area (Å²) in [7, 11) is 4.14. The number of thiophene rings is 1. The van der Waals surface area contributed by atoms with E-state index in [4.69, 9.17) is 4.42 Å². The predicted molar refractivity (Wildman–Crippen MR) is 83.6 cm³/mol. The Hall–Kier alpha value is -0.620. The van der Waals surface area contributed by atoms with Crippen LogP contribution in [-0.2, 0) is 0 Å². The molecule has 0 bridgehead atoms. The van der Waals surface area contributed by atoms with E-state index in [1.54, 1.807) is 17.6 Å². The van der Waals surface area contributed by atoms with Gasteiger partial charge in [0.2, 0.25) is 0 Å². The Bertz CT molecular complexity index is 495. The van der Waals surface area contributed by atoms with Crippen molar-refractivity contribution < 1.29 is 4.42 Å². The summed E-state index contributed by atoms with van der Waals surface area (Å²) in [5.74, 6) is 0.997. The number of hydrogen-bond acceptors (Lipinski definition) is 4. The zero-order chi connectivity index (χ0) is 13.8. The molecule has 0 aromatic carbocycles. The molecule has 0 fully saturated rings. The summed E-state index contributed by atoms with van der Waals surface area (Å²) in [5, 5.41) is 5.68. The fourth-order valence-electron chi connectivity index (χ4n) is 1.96. The van der Waals surface area contributed by atoms with E-state index in [9.17, 15) is 0 Å².